The van der Waals surface area contributed by atoms with Crippen LogP contribution in [0.15, 0.2) is 42.5 Å². The Hall–Kier alpha value is -1.97. The molecule has 2 aromatic rings. The molecule has 3 rings (SSSR count). The van der Waals surface area contributed by atoms with Crippen LogP contribution in [0, 0.1) is 11.7 Å². The van der Waals surface area contributed by atoms with Crippen molar-refractivity contribution >= 4 is 0 Å². The summed E-state index contributed by atoms with van der Waals surface area (Å²) in [5.41, 5.74) is 2.61. The third-order valence-electron chi connectivity index (χ3n) is 5.86. The Labute approximate surface area is 165 Å². The van der Waals surface area contributed by atoms with Gasteiger partial charge < -0.3 is 4.74 Å². The highest BCUT2D eigenvalue weighted by atomic mass is 19.3. The molecular formula is C24H29F3O. The lowest BCUT2D eigenvalue weighted by Crippen LogP contribution is -2.22. The predicted octanol–water partition coefficient (Wildman–Crippen LogP) is 7.60. The van der Waals surface area contributed by atoms with Crippen LogP contribution in [0.2, 0.25) is 0 Å². The van der Waals surface area contributed by atoms with E-state index in [0.717, 1.165) is 29.9 Å². The molecule has 0 aliphatic heterocycles. The molecule has 1 aliphatic carbocycles. The fourth-order valence-electron chi connectivity index (χ4n) is 4.35. The summed E-state index contributed by atoms with van der Waals surface area (Å²) in [6.07, 6.45) is 3.11. The molecule has 1 aliphatic rings. The van der Waals surface area contributed by atoms with Crippen molar-refractivity contribution in [2.24, 2.45) is 5.92 Å². The molecule has 0 spiro atoms. The normalized spacial score (nSPS) is 20.9. The molecule has 1 fully saturated rings. The van der Waals surface area contributed by atoms with Gasteiger partial charge in [0, 0.05) is 5.56 Å². The molecule has 0 bridgehead atoms. The third-order valence-corrected chi connectivity index (χ3v) is 5.86. The van der Waals surface area contributed by atoms with Gasteiger partial charge in [0.25, 0.3) is 6.43 Å². The molecule has 0 radical (unpaired) electrons. The lowest BCUT2D eigenvalue weighted by molar-refractivity contribution is 0.0209. The van der Waals surface area contributed by atoms with E-state index >= 15 is 0 Å². The molecule has 0 saturated heterocycles. The van der Waals surface area contributed by atoms with E-state index in [-0.39, 0.29) is 5.75 Å². The van der Waals surface area contributed by atoms with Crippen molar-refractivity contribution in [2.45, 2.75) is 70.8 Å². The van der Waals surface area contributed by atoms with E-state index in [1.165, 1.54) is 38.7 Å². The van der Waals surface area contributed by atoms with E-state index in [1.807, 2.05) is 18.2 Å². The van der Waals surface area contributed by atoms with Gasteiger partial charge in [0.2, 0.25) is 0 Å². The standard InChI is InChI=1S/C24H29F3O/c1-3-7-17-12-14-18(15-13-17)19-8-4-5-9-20(19)21-10-6-11-22(25)23(21)28-16(2)24(26)27/h4-6,8-11,16-18,24H,3,7,12-15H2,1-2H3. The summed E-state index contributed by atoms with van der Waals surface area (Å²) >= 11 is 0. The second-order valence-electron chi connectivity index (χ2n) is 7.87. The molecule has 0 aromatic heterocycles. The summed E-state index contributed by atoms with van der Waals surface area (Å²) in [6, 6.07) is 12.6. The number of rotatable bonds is 7. The molecule has 1 nitrogen and oxygen atoms in total. The zero-order chi connectivity index (χ0) is 20.1. The van der Waals surface area contributed by atoms with Crippen molar-refractivity contribution in [2.75, 3.05) is 0 Å². The van der Waals surface area contributed by atoms with E-state index in [4.69, 9.17) is 4.74 Å². The first-order valence-corrected chi connectivity index (χ1v) is 10.3. The number of alkyl halides is 2. The van der Waals surface area contributed by atoms with E-state index in [0.29, 0.717) is 11.5 Å². The van der Waals surface area contributed by atoms with Gasteiger partial charge in [-0.15, -0.1) is 0 Å². The first-order chi connectivity index (χ1) is 13.5. The Morgan fingerprint density at radius 1 is 0.964 bits per heavy atom. The molecule has 0 heterocycles. The Bertz CT molecular complexity index is 766. The van der Waals surface area contributed by atoms with Crippen LogP contribution in [0.3, 0.4) is 0 Å². The first kappa shape index (κ1) is 20.8. The highest BCUT2D eigenvalue weighted by Crippen LogP contribution is 2.43. The van der Waals surface area contributed by atoms with Crippen molar-refractivity contribution in [3.8, 4) is 16.9 Å². The summed E-state index contributed by atoms with van der Waals surface area (Å²) in [4.78, 5) is 0. The van der Waals surface area contributed by atoms with Crippen molar-refractivity contribution in [1.29, 1.82) is 0 Å². The fourth-order valence-corrected chi connectivity index (χ4v) is 4.35. The summed E-state index contributed by atoms with van der Waals surface area (Å²) in [6.45, 7) is 3.50. The highest BCUT2D eigenvalue weighted by Gasteiger charge is 2.26. The minimum Gasteiger partial charge on any atom is -0.481 e. The van der Waals surface area contributed by atoms with Gasteiger partial charge in [-0.3, -0.25) is 0 Å². The molecule has 1 atom stereocenters. The molecule has 4 heteroatoms. The van der Waals surface area contributed by atoms with Crippen molar-refractivity contribution < 1.29 is 17.9 Å². The Kier molecular flexibility index (Phi) is 7.03. The van der Waals surface area contributed by atoms with Crippen LogP contribution in [0.5, 0.6) is 5.75 Å². The summed E-state index contributed by atoms with van der Waals surface area (Å²) < 4.78 is 45.9. The van der Waals surface area contributed by atoms with Crippen molar-refractivity contribution in [3.63, 3.8) is 0 Å². The SMILES string of the molecule is CCCC1CCC(c2ccccc2-c2cccc(F)c2OC(C)C(F)F)CC1. The van der Waals surface area contributed by atoms with Crippen LogP contribution in [0.4, 0.5) is 13.2 Å². The van der Waals surface area contributed by atoms with E-state index in [2.05, 4.69) is 13.0 Å². The first-order valence-electron chi connectivity index (χ1n) is 10.3. The van der Waals surface area contributed by atoms with Gasteiger partial charge in [-0.1, -0.05) is 56.2 Å². The quantitative estimate of drug-likeness (QED) is 0.473. The van der Waals surface area contributed by atoms with Gasteiger partial charge in [0.1, 0.15) is 0 Å². The molecule has 1 unspecified atom stereocenters. The van der Waals surface area contributed by atoms with E-state index in [1.54, 1.807) is 12.1 Å². The smallest absolute Gasteiger partial charge is 0.274 e. The minimum atomic E-state index is -2.67. The van der Waals surface area contributed by atoms with Crippen LogP contribution < -0.4 is 4.74 Å². The zero-order valence-corrected chi connectivity index (χ0v) is 16.6. The fraction of sp³-hybridized carbons (Fsp3) is 0.500. The van der Waals surface area contributed by atoms with Crippen LogP contribution in [0.1, 0.15) is 63.9 Å². The number of hydrogen-bond donors (Lipinski definition) is 0. The maximum atomic E-state index is 14.5. The monoisotopic (exact) mass is 390 g/mol. The molecule has 0 N–H and O–H groups in total. The Morgan fingerprint density at radius 3 is 2.32 bits per heavy atom. The second-order valence-corrected chi connectivity index (χ2v) is 7.87. The summed E-state index contributed by atoms with van der Waals surface area (Å²) in [5.74, 6) is 0.523. The molecule has 152 valence electrons. The van der Waals surface area contributed by atoms with Crippen LogP contribution in [0.25, 0.3) is 11.1 Å². The van der Waals surface area contributed by atoms with E-state index < -0.39 is 18.3 Å². The van der Waals surface area contributed by atoms with Crippen LogP contribution in [-0.2, 0) is 0 Å². The average Bonchev–Trinajstić information content (AvgIpc) is 2.70. The van der Waals surface area contributed by atoms with Crippen molar-refractivity contribution in [1.82, 2.24) is 0 Å². The van der Waals surface area contributed by atoms with Gasteiger partial charge in [0.05, 0.1) is 0 Å². The third kappa shape index (κ3) is 4.71. The Morgan fingerprint density at radius 2 is 1.64 bits per heavy atom. The largest absolute Gasteiger partial charge is 0.481 e. The second kappa shape index (κ2) is 9.49. The lowest BCUT2D eigenvalue weighted by Gasteiger charge is -2.30. The molecule has 0 amide bonds. The molecular weight excluding hydrogens is 361 g/mol. The number of benzene rings is 2. The summed E-state index contributed by atoms with van der Waals surface area (Å²) in [7, 11) is 0. The highest BCUT2D eigenvalue weighted by molar-refractivity contribution is 5.74. The maximum Gasteiger partial charge on any atom is 0.274 e. The number of ether oxygens (including phenoxy) is 1. The Balaban J connectivity index is 1.92. The van der Waals surface area contributed by atoms with Gasteiger partial charge in [-0.25, -0.2) is 13.2 Å². The van der Waals surface area contributed by atoms with Crippen LogP contribution in [-0.4, -0.2) is 12.5 Å². The lowest BCUT2D eigenvalue weighted by atomic mass is 9.75. The van der Waals surface area contributed by atoms with E-state index in [9.17, 15) is 13.2 Å². The molecule has 28 heavy (non-hydrogen) atoms. The van der Waals surface area contributed by atoms with Gasteiger partial charge in [-0.2, -0.15) is 0 Å². The average molecular weight is 390 g/mol. The number of hydrogen-bond acceptors (Lipinski definition) is 1. The maximum absolute atomic E-state index is 14.5. The number of para-hydroxylation sites is 1. The minimum absolute atomic E-state index is 0.0811. The number of halogens is 3. The summed E-state index contributed by atoms with van der Waals surface area (Å²) in [5, 5.41) is 0. The van der Waals surface area contributed by atoms with Crippen molar-refractivity contribution in [3.05, 3.63) is 53.8 Å². The van der Waals surface area contributed by atoms with Gasteiger partial charge in [0.15, 0.2) is 17.7 Å². The van der Waals surface area contributed by atoms with Crippen LogP contribution >= 0.6 is 0 Å². The molecule has 1 saturated carbocycles. The van der Waals surface area contributed by atoms with Gasteiger partial charge in [-0.05, 0) is 61.6 Å². The van der Waals surface area contributed by atoms with Gasteiger partial charge >= 0.3 is 0 Å². The zero-order valence-electron chi connectivity index (χ0n) is 16.6. The topological polar surface area (TPSA) is 9.23 Å². The molecule has 2 aromatic carbocycles. The predicted molar refractivity (Wildman–Crippen MR) is 108 cm³/mol.